The molecule has 1 fully saturated rings. The minimum atomic E-state index is 0. The van der Waals surface area contributed by atoms with Gasteiger partial charge in [0.1, 0.15) is 11.9 Å². The van der Waals surface area contributed by atoms with Gasteiger partial charge in [0, 0.05) is 24.5 Å². The Balaban J connectivity index is 0.00000156. The number of aryl methyl sites for hydroxylation is 1. The summed E-state index contributed by atoms with van der Waals surface area (Å²) < 4.78 is 0. The molecule has 1 saturated heterocycles. The lowest BCUT2D eigenvalue weighted by Crippen LogP contribution is -2.39. The summed E-state index contributed by atoms with van der Waals surface area (Å²) in [5.41, 5.74) is 2.74. The van der Waals surface area contributed by atoms with Gasteiger partial charge in [0.05, 0.1) is 11.1 Å². The zero-order chi connectivity index (χ0) is 16.4. The number of anilines is 1. The Morgan fingerprint density at radius 2 is 1.92 bits per heavy atom. The molecule has 1 aliphatic heterocycles. The molecule has 1 unspecified atom stereocenters. The van der Waals surface area contributed by atoms with E-state index in [0.29, 0.717) is 6.04 Å². The lowest BCUT2D eigenvalue weighted by molar-refractivity contribution is 0.285. The van der Waals surface area contributed by atoms with E-state index in [1.165, 1.54) is 12.8 Å². The highest BCUT2D eigenvalue weighted by molar-refractivity contribution is 5.87. The summed E-state index contributed by atoms with van der Waals surface area (Å²) in [5.74, 6) is 0.859. The Kier molecular flexibility index (Phi) is 7.95. The SMILES string of the molecule is Cc1c(C#N)c(N2CCCCC(N(C)C)C2)nc2ccccc12.Cl.Cl. The Morgan fingerprint density at radius 3 is 2.60 bits per heavy atom. The van der Waals surface area contributed by atoms with E-state index in [4.69, 9.17) is 4.98 Å². The summed E-state index contributed by atoms with van der Waals surface area (Å²) in [6.07, 6.45) is 3.59. The summed E-state index contributed by atoms with van der Waals surface area (Å²) in [6, 6.07) is 11.0. The number of aromatic nitrogens is 1. The molecule has 0 N–H and O–H groups in total. The van der Waals surface area contributed by atoms with Crippen molar-refractivity contribution in [3.63, 3.8) is 0 Å². The van der Waals surface area contributed by atoms with E-state index in [9.17, 15) is 5.26 Å². The fraction of sp³-hybridized carbons (Fsp3) is 0.474. The molecular formula is C19H26Cl2N4. The molecule has 3 rings (SSSR count). The third-order valence-electron chi connectivity index (χ3n) is 4.92. The largest absolute Gasteiger partial charge is 0.354 e. The van der Waals surface area contributed by atoms with Crippen molar-refractivity contribution in [2.45, 2.75) is 32.2 Å². The van der Waals surface area contributed by atoms with Crippen LogP contribution in [0.2, 0.25) is 0 Å². The summed E-state index contributed by atoms with van der Waals surface area (Å²) in [7, 11) is 4.27. The van der Waals surface area contributed by atoms with Crippen molar-refractivity contribution in [2.75, 3.05) is 32.1 Å². The van der Waals surface area contributed by atoms with E-state index in [-0.39, 0.29) is 24.8 Å². The van der Waals surface area contributed by atoms with Gasteiger partial charge in [-0.15, -0.1) is 24.8 Å². The van der Waals surface area contributed by atoms with Crippen LogP contribution in [0, 0.1) is 18.3 Å². The number of rotatable bonds is 2. The van der Waals surface area contributed by atoms with E-state index in [1.54, 1.807) is 0 Å². The Morgan fingerprint density at radius 1 is 1.20 bits per heavy atom. The van der Waals surface area contributed by atoms with Gasteiger partial charge >= 0.3 is 0 Å². The Hall–Kier alpha value is -1.54. The number of halogens is 2. The molecule has 1 atom stereocenters. The lowest BCUT2D eigenvalue weighted by Gasteiger charge is -2.30. The van der Waals surface area contributed by atoms with E-state index >= 15 is 0 Å². The van der Waals surface area contributed by atoms with E-state index in [0.717, 1.165) is 47.4 Å². The highest BCUT2D eigenvalue weighted by atomic mass is 35.5. The van der Waals surface area contributed by atoms with Crippen LogP contribution < -0.4 is 4.90 Å². The van der Waals surface area contributed by atoms with Crippen LogP contribution >= 0.6 is 24.8 Å². The smallest absolute Gasteiger partial charge is 0.147 e. The number of benzene rings is 1. The second-order valence-corrected chi connectivity index (χ2v) is 6.62. The van der Waals surface area contributed by atoms with Gasteiger partial charge in [-0.2, -0.15) is 5.26 Å². The highest BCUT2D eigenvalue weighted by Crippen LogP contribution is 2.29. The van der Waals surface area contributed by atoms with Crippen LogP contribution in [0.3, 0.4) is 0 Å². The molecule has 6 heteroatoms. The number of fused-ring (bicyclic) bond motifs is 1. The molecule has 25 heavy (non-hydrogen) atoms. The fourth-order valence-electron chi connectivity index (χ4n) is 3.46. The van der Waals surface area contributed by atoms with Crippen LogP contribution in [0.4, 0.5) is 5.82 Å². The number of likely N-dealkylation sites (N-methyl/N-ethyl adjacent to an activating group) is 1. The third-order valence-corrected chi connectivity index (χ3v) is 4.92. The molecule has 1 aromatic carbocycles. The molecule has 0 saturated carbocycles. The van der Waals surface area contributed by atoms with Crippen molar-refractivity contribution < 1.29 is 0 Å². The van der Waals surface area contributed by atoms with Gasteiger partial charge in [0.2, 0.25) is 0 Å². The zero-order valence-electron chi connectivity index (χ0n) is 15.0. The van der Waals surface area contributed by atoms with Crippen molar-refractivity contribution in [3.05, 3.63) is 35.4 Å². The summed E-state index contributed by atoms with van der Waals surface area (Å²) >= 11 is 0. The Bertz CT molecular complexity index is 755. The van der Waals surface area contributed by atoms with E-state index in [1.807, 2.05) is 31.2 Å². The van der Waals surface area contributed by atoms with Crippen molar-refractivity contribution in [3.8, 4) is 6.07 Å². The monoisotopic (exact) mass is 380 g/mol. The molecule has 2 heterocycles. The van der Waals surface area contributed by atoms with Crippen molar-refractivity contribution in [1.82, 2.24) is 9.88 Å². The van der Waals surface area contributed by atoms with Gasteiger partial charge in [0.15, 0.2) is 0 Å². The van der Waals surface area contributed by atoms with Gasteiger partial charge in [-0.3, -0.25) is 0 Å². The molecule has 0 amide bonds. The molecule has 0 radical (unpaired) electrons. The first-order valence-corrected chi connectivity index (χ1v) is 8.32. The van der Waals surface area contributed by atoms with Gasteiger partial charge < -0.3 is 9.80 Å². The van der Waals surface area contributed by atoms with Gasteiger partial charge in [-0.05, 0) is 45.5 Å². The fourth-order valence-corrected chi connectivity index (χ4v) is 3.46. The number of hydrogen-bond donors (Lipinski definition) is 0. The summed E-state index contributed by atoms with van der Waals surface area (Å²) in [4.78, 5) is 9.46. The number of pyridine rings is 1. The average molecular weight is 381 g/mol. The first-order chi connectivity index (χ1) is 11.1. The van der Waals surface area contributed by atoms with Crippen LogP contribution in [0.1, 0.15) is 30.4 Å². The van der Waals surface area contributed by atoms with Crippen LogP contribution in [-0.2, 0) is 0 Å². The topological polar surface area (TPSA) is 43.2 Å². The molecule has 0 aliphatic carbocycles. The second-order valence-electron chi connectivity index (χ2n) is 6.62. The second kappa shape index (κ2) is 9.24. The molecule has 1 aromatic heterocycles. The maximum atomic E-state index is 9.71. The molecule has 4 nitrogen and oxygen atoms in total. The minimum Gasteiger partial charge on any atom is -0.354 e. The zero-order valence-corrected chi connectivity index (χ0v) is 16.7. The van der Waals surface area contributed by atoms with Gasteiger partial charge in [-0.1, -0.05) is 24.6 Å². The number of para-hydroxylation sites is 1. The maximum Gasteiger partial charge on any atom is 0.147 e. The minimum absolute atomic E-state index is 0. The van der Waals surface area contributed by atoms with Crippen LogP contribution in [0.15, 0.2) is 24.3 Å². The highest BCUT2D eigenvalue weighted by Gasteiger charge is 2.24. The first kappa shape index (κ1) is 21.5. The summed E-state index contributed by atoms with van der Waals surface area (Å²) in [5, 5.41) is 10.8. The summed E-state index contributed by atoms with van der Waals surface area (Å²) in [6.45, 7) is 3.95. The number of nitriles is 1. The van der Waals surface area contributed by atoms with E-state index < -0.39 is 0 Å². The lowest BCUT2D eigenvalue weighted by atomic mass is 10.0. The molecule has 2 aromatic rings. The average Bonchev–Trinajstić information content (AvgIpc) is 2.81. The predicted octanol–water partition coefficient (Wildman–Crippen LogP) is 4.18. The third kappa shape index (κ3) is 4.36. The van der Waals surface area contributed by atoms with Crippen LogP contribution in [0.25, 0.3) is 10.9 Å². The molecule has 0 bridgehead atoms. The molecule has 136 valence electrons. The first-order valence-electron chi connectivity index (χ1n) is 8.32. The predicted molar refractivity (Wildman–Crippen MR) is 109 cm³/mol. The normalized spacial score (nSPS) is 17.4. The van der Waals surface area contributed by atoms with Crippen molar-refractivity contribution >= 4 is 41.5 Å². The van der Waals surface area contributed by atoms with Crippen molar-refractivity contribution in [1.29, 1.82) is 5.26 Å². The number of hydrogen-bond acceptors (Lipinski definition) is 4. The standard InChI is InChI=1S/C19H24N4.2ClH/c1-14-16-9-4-5-10-18(16)21-19(17(14)12-20)23-11-7-6-8-15(13-23)22(2)3;;/h4-5,9-10,15H,6-8,11,13H2,1-3H3;2*1H. The Labute approximate surface area is 162 Å². The number of nitrogens with zero attached hydrogens (tertiary/aromatic N) is 4. The van der Waals surface area contributed by atoms with E-state index in [2.05, 4.69) is 30.0 Å². The van der Waals surface area contributed by atoms with Gasteiger partial charge in [-0.25, -0.2) is 4.98 Å². The van der Waals surface area contributed by atoms with Crippen molar-refractivity contribution in [2.24, 2.45) is 0 Å². The molecular weight excluding hydrogens is 355 g/mol. The molecule has 0 spiro atoms. The van der Waals surface area contributed by atoms with Crippen LogP contribution in [-0.4, -0.2) is 43.1 Å². The molecule has 1 aliphatic rings. The van der Waals surface area contributed by atoms with Crippen LogP contribution in [0.5, 0.6) is 0 Å². The maximum absolute atomic E-state index is 9.71. The quantitative estimate of drug-likeness (QED) is 0.783. The van der Waals surface area contributed by atoms with Gasteiger partial charge in [0.25, 0.3) is 0 Å².